The zero-order valence-corrected chi connectivity index (χ0v) is 12.9. The van der Waals surface area contributed by atoms with Crippen LogP contribution in [0.1, 0.15) is 31.1 Å². The fraction of sp³-hybridized carbons (Fsp3) is 0.357. The molecule has 0 atom stereocenters. The van der Waals surface area contributed by atoms with E-state index >= 15 is 0 Å². The summed E-state index contributed by atoms with van der Waals surface area (Å²) in [5.41, 5.74) is 0.518. The van der Waals surface area contributed by atoms with Crippen LogP contribution in [-0.2, 0) is 9.59 Å². The third-order valence-electron chi connectivity index (χ3n) is 2.39. The number of amides is 2. The quantitative estimate of drug-likeness (QED) is 0.750. The number of hydrogen-bond donors (Lipinski definition) is 3. The summed E-state index contributed by atoms with van der Waals surface area (Å²) < 4.78 is 0. The molecule has 0 heterocycles. The number of hydrogen-bond acceptors (Lipinski definition) is 4. The van der Waals surface area contributed by atoms with Crippen LogP contribution in [0.2, 0.25) is 0 Å². The van der Waals surface area contributed by atoms with Gasteiger partial charge in [-0.15, -0.1) is 11.8 Å². The van der Waals surface area contributed by atoms with Crippen LogP contribution < -0.4 is 10.6 Å². The molecule has 6 nitrogen and oxygen atoms in total. The second kappa shape index (κ2) is 7.68. The van der Waals surface area contributed by atoms with E-state index in [1.807, 2.05) is 13.8 Å². The fourth-order valence-electron chi connectivity index (χ4n) is 1.54. The van der Waals surface area contributed by atoms with Crippen molar-refractivity contribution in [2.75, 3.05) is 16.4 Å². The van der Waals surface area contributed by atoms with Gasteiger partial charge in [0.1, 0.15) is 0 Å². The van der Waals surface area contributed by atoms with Crippen molar-refractivity contribution in [2.24, 2.45) is 0 Å². The van der Waals surface area contributed by atoms with E-state index < -0.39 is 5.97 Å². The predicted molar refractivity (Wildman–Crippen MR) is 83.9 cm³/mol. The van der Waals surface area contributed by atoms with Gasteiger partial charge in [0.05, 0.1) is 17.0 Å². The van der Waals surface area contributed by atoms with Gasteiger partial charge in [0.15, 0.2) is 0 Å². The van der Waals surface area contributed by atoms with Crippen LogP contribution in [0, 0.1) is 0 Å². The fourth-order valence-corrected chi connectivity index (χ4v) is 2.10. The molecule has 0 aliphatic carbocycles. The lowest BCUT2D eigenvalue weighted by atomic mass is 10.1. The SMILES string of the molecule is CC(=O)Nc1ccc(NC(=O)CSC(C)C)c(C(=O)O)c1. The van der Waals surface area contributed by atoms with Gasteiger partial charge in [0.2, 0.25) is 11.8 Å². The Morgan fingerprint density at radius 1 is 1.24 bits per heavy atom. The molecule has 0 unspecified atom stereocenters. The van der Waals surface area contributed by atoms with Crippen LogP contribution in [0.15, 0.2) is 18.2 Å². The standard InChI is InChI=1S/C14H18N2O4S/c1-8(2)21-7-13(18)16-12-5-4-10(15-9(3)17)6-11(12)14(19)20/h4-6,8H,7H2,1-3H3,(H,15,17)(H,16,18)(H,19,20). The molecule has 0 aliphatic heterocycles. The van der Waals surface area contributed by atoms with E-state index in [0.29, 0.717) is 10.9 Å². The first-order valence-electron chi connectivity index (χ1n) is 6.36. The van der Waals surface area contributed by atoms with Crippen LogP contribution in [0.4, 0.5) is 11.4 Å². The van der Waals surface area contributed by atoms with Crippen molar-refractivity contribution in [1.29, 1.82) is 0 Å². The van der Waals surface area contributed by atoms with Crippen LogP contribution in [0.5, 0.6) is 0 Å². The Morgan fingerprint density at radius 3 is 2.43 bits per heavy atom. The smallest absolute Gasteiger partial charge is 0.337 e. The van der Waals surface area contributed by atoms with Gasteiger partial charge < -0.3 is 15.7 Å². The zero-order valence-electron chi connectivity index (χ0n) is 12.1. The highest BCUT2D eigenvalue weighted by Gasteiger charge is 2.14. The molecule has 7 heteroatoms. The van der Waals surface area contributed by atoms with Gasteiger partial charge in [0.25, 0.3) is 0 Å². The summed E-state index contributed by atoms with van der Waals surface area (Å²) in [6.07, 6.45) is 0. The van der Waals surface area contributed by atoms with Gasteiger partial charge in [-0.1, -0.05) is 13.8 Å². The summed E-state index contributed by atoms with van der Waals surface area (Å²) in [7, 11) is 0. The molecule has 0 aromatic heterocycles. The third kappa shape index (κ3) is 5.86. The Balaban J connectivity index is 2.88. The highest BCUT2D eigenvalue weighted by atomic mass is 32.2. The summed E-state index contributed by atoms with van der Waals surface area (Å²) in [5.74, 6) is -1.47. The number of thioether (sulfide) groups is 1. The monoisotopic (exact) mass is 310 g/mol. The number of aromatic carboxylic acids is 1. The van der Waals surface area contributed by atoms with E-state index in [1.165, 1.54) is 30.8 Å². The minimum Gasteiger partial charge on any atom is -0.478 e. The number of carbonyl (C=O) groups is 3. The maximum Gasteiger partial charge on any atom is 0.337 e. The first-order valence-corrected chi connectivity index (χ1v) is 7.41. The molecule has 0 fully saturated rings. The molecule has 21 heavy (non-hydrogen) atoms. The Hall–Kier alpha value is -2.02. The largest absolute Gasteiger partial charge is 0.478 e. The van der Waals surface area contributed by atoms with Crippen molar-refractivity contribution in [3.63, 3.8) is 0 Å². The lowest BCUT2D eigenvalue weighted by Crippen LogP contribution is -2.18. The summed E-state index contributed by atoms with van der Waals surface area (Å²) in [6.45, 7) is 5.28. The van der Waals surface area contributed by atoms with E-state index in [2.05, 4.69) is 10.6 Å². The number of carboxylic acid groups (broad SMARTS) is 1. The molecule has 0 aliphatic rings. The molecular formula is C14H18N2O4S. The number of rotatable bonds is 6. The van der Waals surface area contributed by atoms with E-state index in [9.17, 15) is 19.5 Å². The second-order valence-corrected chi connectivity index (χ2v) is 6.22. The molecule has 3 N–H and O–H groups in total. The normalized spacial score (nSPS) is 10.3. The van der Waals surface area contributed by atoms with E-state index in [-0.39, 0.29) is 28.8 Å². The van der Waals surface area contributed by atoms with Gasteiger partial charge in [-0.25, -0.2) is 4.79 Å². The minimum absolute atomic E-state index is 0.0656. The maximum absolute atomic E-state index is 11.8. The van der Waals surface area contributed by atoms with Gasteiger partial charge in [-0.05, 0) is 23.4 Å². The molecule has 0 spiro atoms. The van der Waals surface area contributed by atoms with E-state index in [0.717, 1.165) is 0 Å². The molecule has 1 aromatic rings. The average molecular weight is 310 g/mol. The van der Waals surface area contributed by atoms with Crippen molar-refractivity contribution >= 4 is 40.9 Å². The minimum atomic E-state index is -1.17. The molecule has 114 valence electrons. The van der Waals surface area contributed by atoms with E-state index in [4.69, 9.17) is 0 Å². The first-order chi connectivity index (χ1) is 9.79. The molecule has 1 aromatic carbocycles. The summed E-state index contributed by atoms with van der Waals surface area (Å²) >= 11 is 1.47. The van der Waals surface area contributed by atoms with Gasteiger partial charge in [-0.2, -0.15) is 0 Å². The number of benzene rings is 1. The van der Waals surface area contributed by atoms with Crippen molar-refractivity contribution in [3.05, 3.63) is 23.8 Å². The molecule has 0 saturated heterocycles. The van der Waals surface area contributed by atoms with E-state index in [1.54, 1.807) is 6.07 Å². The van der Waals surface area contributed by atoms with Gasteiger partial charge in [0, 0.05) is 12.6 Å². The average Bonchev–Trinajstić information content (AvgIpc) is 2.37. The lowest BCUT2D eigenvalue weighted by Gasteiger charge is -2.11. The van der Waals surface area contributed by atoms with Crippen molar-refractivity contribution in [1.82, 2.24) is 0 Å². The zero-order chi connectivity index (χ0) is 16.0. The Morgan fingerprint density at radius 2 is 1.90 bits per heavy atom. The predicted octanol–water partition coefficient (Wildman–Crippen LogP) is 2.42. The Kier molecular flexibility index (Phi) is 6.23. The Labute approximate surface area is 127 Å². The van der Waals surface area contributed by atoms with Gasteiger partial charge >= 0.3 is 5.97 Å². The van der Waals surface area contributed by atoms with Crippen molar-refractivity contribution in [2.45, 2.75) is 26.0 Å². The van der Waals surface area contributed by atoms with Gasteiger partial charge in [-0.3, -0.25) is 9.59 Å². The summed E-state index contributed by atoms with van der Waals surface area (Å²) in [5, 5.41) is 14.6. The second-order valence-electron chi connectivity index (χ2n) is 4.65. The summed E-state index contributed by atoms with van der Waals surface area (Å²) in [6, 6.07) is 4.32. The molecule has 0 bridgehead atoms. The first kappa shape index (κ1) is 17.0. The van der Waals surface area contributed by atoms with Crippen molar-refractivity contribution < 1.29 is 19.5 Å². The number of anilines is 2. The highest BCUT2D eigenvalue weighted by Crippen LogP contribution is 2.21. The topological polar surface area (TPSA) is 95.5 Å². The number of nitrogens with one attached hydrogen (secondary N) is 2. The maximum atomic E-state index is 11.8. The summed E-state index contributed by atoms with van der Waals surface area (Å²) in [4.78, 5) is 34.0. The van der Waals surface area contributed by atoms with Crippen LogP contribution >= 0.6 is 11.8 Å². The molecular weight excluding hydrogens is 292 g/mol. The van der Waals surface area contributed by atoms with Crippen LogP contribution in [0.3, 0.4) is 0 Å². The molecule has 2 amide bonds. The highest BCUT2D eigenvalue weighted by molar-refractivity contribution is 8.00. The number of carbonyl (C=O) groups excluding carboxylic acids is 2. The van der Waals surface area contributed by atoms with Crippen LogP contribution in [-0.4, -0.2) is 33.9 Å². The lowest BCUT2D eigenvalue weighted by molar-refractivity contribution is -0.114. The number of carboxylic acids is 1. The third-order valence-corrected chi connectivity index (χ3v) is 3.49. The molecule has 0 saturated carbocycles. The van der Waals surface area contributed by atoms with Crippen LogP contribution in [0.25, 0.3) is 0 Å². The molecule has 0 radical (unpaired) electrons. The molecule has 1 rings (SSSR count). The Bertz CT molecular complexity index is 558. The van der Waals surface area contributed by atoms with Crippen molar-refractivity contribution in [3.8, 4) is 0 Å².